The van der Waals surface area contributed by atoms with Crippen molar-refractivity contribution in [2.45, 2.75) is 56.8 Å². The van der Waals surface area contributed by atoms with Crippen molar-refractivity contribution in [3.05, 3.63) is 0 Å². The number of ether oxygens (including phenoxy) is 2. The molecule has 0 aromatic heterocycles. The number of halogens is 6. The number of hydrogen-bond acceptors (Lipinski definition) is 5. The minimum atomic E-state index is -5.76. The fourth-order valence-corrected chi connectivity index (χ4v) is 1.91. The molecule has 8 nitrogen and oxygen atoms in total. The maximum atomic E-state index is 12.5. The van der Waals surface area contributed by atoms with Crippen molar-refractivity contribution in [1.29, 1.82) is 5.41 Å². The van der Waals surface area contributed by atoms with Gasteiger partial charge in [-0.25, -0.2) is 0 Å². The minimum Gasteiger partial charge on any atom is -0.370 e. The number of methoxy groups -OCH3 is 1. The first-order valence-corrected chi connectivity index (χ1v) is 8.24. The van der Waals surface area contributed by atoms with Crippen molar-refractivity contribution in [2.24, 2.45) is 5.73 Å². The number of nitrogens with two attached hydrogens (primary N) is 1. The third kappa shape index (κ3) is 9.78. The maximum Gasteiger partial charge on any atom is 0.423 e. The van der Waals surface area contributed by atoms with Gasteiger partial charge in [-0.2, -0.15) is 26.3 Å². The highest BCUT2D eigenvalue weighted by Gasteiger charge is 2.58. The Morgan fingerprint density at radius 3 is 2.03 bits per heavy atom. The molecule has 0 aromatic rings. The second-order valence-corrected chi connectivity index (χ2v) is 6.46. The standard InChI is InChI=1S/C15H24F6N4O4/c1-13(2,28-3)11(27)25-8(5-4-6-24-12(22)23)9(26)7-29-10(14(16,17)18)15(19,20)21/h8,10H,4-7H2,1-3H3,(H,25,27)(H4,22,23,24). The summed E-state index contributed by atoms with van der Waals surface area (Å²) in [6, 6.07) is -1.44. The Morgan fingerprint density at radius 1 is 1.10 bits per heavy atom. The van der Waals surface area contributed by atoms with E-state index in [2.05, 4.69) is 15.4 Å². The predicted octanol–water partition coefficient (Wildman–Crippen LogP) is 1.24. The molecule has 170 valence electrons. The van der Waals surface area contributed by atoms with E-state index in [-0.39, 0.29) is 25.3 Å². The van der Waals surface area contributed by atoms with Crippen LogP contribution in [-0.2, 0) is 19.1 Å². The molecule has 0 rings (SSSR count). The van der Waals surface area contributed by atoms with Crippen molar-refractivity contribution < 1.29 is 45.4 Å². The lowest BCUT2D eigenvalue weighted by Gasteiger charge is -2.27. The Kier molecular flexibility index (Phi) is 9.85. The SMILES string of the molecule is COC(C)(C)C(=O)NC(CCCNC(=N)N)C(=O)COC(C(F)(F)F)C(F)(F)F. The Labute approximate surface area is 163 Å². The smallest absolute Gasteiger partial charge is 0.370 e. The first kappa shape index (κ1) is 26.9. The predicted molar refractivity (Wildman–Crippen MR) is 89.0 cm³/mol. The van der Waals surface area contributed by atoms with Crippen molar-refractivity contribution in [2.75, 3.05) is 20.3 Å². The molecule has 5 N–H and O–H groups in total. The number of guanidine groups is 1. The van der Waals surface area contributed by atoms with Crippen molar-refractivity contribution in [1.82, 2.24) is 10.6 Å². The number of rotatable bonds is 11. The van der Waals surface area contributed by atoms with E-state index in [1.807, 2.05) is 0 Å². The van der Waals surface area contributed by atoms with Gasteiger partial charge in [-0.15, -0.1) is 0 Å². The van der Waals surface area contributed by atoms with Gasteiger partial charge in [0, 0.05) is 13.7 Å². The van der Waals surface area contributed by atoms with Crippen LogP contribution in [0.4, 0.5) is 26.3 Å². The summed E-state index contributed by atoms with van der Waals surface area (Å²) in [6.07, 6.45) is -15.7. The Morgan fingerprint density at radius 2 is 1.62 bits per heavy atom. The van der Waals surface area contributed by atoms with Crippen LogP contribution in [0, 0.1) is 5.41 Å². The minimum absolute atomic E-state index is 0.0806. The summed E-state index contributed by atoms with van der Waals surface area (Å²) < 4.78 is 83.8. The van der Waals surface area contributed by atoms with E-state index in [0.717, 1.165) is 0 Å². The largest absolute Gasteiger partial charge is 0.423 e. The van der Waals surface area contributed by atoms with Gasteiger partial charge in [0.2, 0.25) is 6.10 Å². The summed E-state index contributed by atoms with van der Waals surface area (Å²) in [6.45, 7) is 1.25. The highest BCUT2D eigenvalue weighted by atomic mass is 19.4. The normalized spacial score (nSPS) is 13.9. The molecule has 0 aliphatic heterocycles. The maximum absolute atomic E-state index is 12.5. The lowest BCUT2D eigenvalue weighted by atomic mass is 10.0. The van der Waals surface area contributed by atoms with Crippen LogP contribution in [0.25, 0.3) is 0 Å². The number of ketones is 1. The van der Waals surface area contributed by atoms with Crippen LogP contribution in [-0.4, -0.2) is 68.0 Å². The third-order valence-electron chi connectivity index (χ3n) is 3.72. The second-order valence-electron chi connectivity index (χ2n) is 6.46. The fraction of sp³-hybridized carbons (Fsp3) is 0.800. The highest BCUT2D eigenvalue weighted by Crippen LogP contribution is 2.35. The Bertz CT molecular complexity index is 566. The lowest BCUT2D eigenvalue weighted by Crippen LogP contribution is -2.52. The number of hydrogen-bond donors (Lipinski definition) is 4. The van der Waals surface area contributed by atoms with Gasteiger partial charge in [-0.05, 0) is 26.7 Å². The Balaban J connectivity index is 5.20. The summed E-state index contributed by atoms with van der Waals surface area (Å²) in [5.41, 5.74) is 3.67. The summed E-state index contributed by atoms with van der Waals surface area (Å²) in [4.78, 5) is 24.3. The first-order valence-electron chi connectivity index (χ1n) is 8.24. The molecule has 29 heavy (non-hydrogen) atoms. The molecule has 1 unspecified atom stereocenters. The molecule has 1 amide bonds. The highest BCUT2D eigenvalue weighted by molar-refractivity contribution is 5.92. The molecule has 0 fully saturated rings. The zero-order valence-electron chi connectivity index (χ0n) is 16.0. The molecule has 0 radical (unpaired) electrons. The van der Waals surface area contributed by atoms with E-state index in [1.165, 1.54) is 21.0 Å². The summed E-state index contributed by atoms with van der Waals surface area (Å²) in [5, 5.41) is 11.6. The van der Waals surface area contributed by atoms with Crippen LogP contribution >= 0.6 is 0 Å². The average molecular weight is 438 g/mol. The summed E-state index contributed by atoms with van der Waals surface area (Å²) >= 11 is 0. The van der Waals surface area contributed by atoms with E-state index < -0.39 is 48.4 Å². The molecule has 0 aliphatic rings. The van der Waals surface area contributed by atoms with Gasteiger partial charge < -0.3 is 25.8 Å². The van der Waals surface area contributed by atoms with Gasteiger partial charge in [0.1, 0.15) is 12.2 Å². The lowest BCUT2D eigenvalue weighted by molar-refractivity contribution is -0.319. The molecule has 0 saturated carbocycles. The zero-order chi connectivity index (χ0) is 23.0. The van der Waals surface area contributed by atoms with E-state index in [9.17, 15) is 35.9 Å². The van der Waals surface area contributed by atoms with Crippen molar-refractivity contribution >= 4 is 17.6 Å². The first-order chi connectivity index (χ1) is 13.0. The van der Waals surface area contributed by atoms with Crippen LogP contribution in [0.1, 0.15) is 26.7 Å². The second kappa shape index (κ2) is 10.6. The van der Waals surface area contributed by atoms with Crippen LogP contribution in [0.2, 0.25) is 0 Å². The molecule has 0 spiro atoms. The van der Waals surface area contributed by atoms with Gasteiger partial charge >= 0.3 is 12.4 Å². The molecule has 0 bridgehead atoms. The van der Waals surface area contributed by atoms with Gasteiger partial charge in [-0.3, -0.25) is 15.0 Å². The third-order valence-corrected chi connectivity index (χ3v) is 3.72. The number of nitrogens with one attached hydrogen (secondary N) is 3. The fourth-order valence-electron chi connectivity index (χ4n) is 1.91. The molecule has 0 aromatic carbocycles. The van der Waals surface area contributed by atoms with Crippen molar-refractivity contribution in [3.8, 4) is 0 Å². The van der Waals surface area contributed by atoms with Gasteiger partial charge in [0.05, 0.1) is 6.04 Å². The van der Waals surface area contributed by atoms with E-state index in [0.29, 0.717) is 0 Å². The number of carbonyl (C=O) groups is 2. The molecule has 1 atom stereocenters. The number of carbonyl (C=O) groups excluding carboxylic acids is 2. The summed E-state index contributed by atoms with van der Waals surface area (Å²) in [5.74, 6) is -2.37. The van der Waals surface area contributed by atoms with Crippen LogP contribution < -0.4 is 16.4 Å². The number of alkyl halides is 6. The molecular formula is C15H24F6N4O4. The van der Waals surface area contributed by atoms with Gasteiger partial charge in [-0.1, -0.05) is 0 Å². The van der Waals surface area contributed by atoms with Gasteiger partial charge in [0.25, 0.3) is 5.91 Å². The number of amides is 1. The molecule has 14 heteroatoms. The Hall–Kier alpha value is -2.09. The van der Waals surface area contributed by atoms with E-state index in [4.69, 9.17) is 15.9 Å². The monoisotopic (exact) mass is 438 g/mol. The summed E-state index contributed by atoms with van der Waals surface area (Å²) in [7, 11) is 1.20. The molecule has 0 saturated heterocycles. The van der Waals surface area contributed by atoms with Crippen LogP contribution in [0.3, 0.4) is 0 Å². The topological polar surface area (TPSA) is 127 Å². The molecule has 0 heterocycles. The van der Waals surface area contributed by atoms with E-state index >= 15 is 0 Å². The van der Waals surface area contributed by atoms with Crippen LogP contribution in [0.5, 0.6) is 0 Å². The molecular weight excluding hydrogens is 414 g/mol. The van der Waals surface area contributed by atoms with Gasteiger partial charge in [0.15, 0.2) is 11.7 Å². The van der Waals surface area contributed by atoms with E-state index in [1.54, 1.807) is 0 Å². The quantitative estimate of drug-likeness (QED) is 0.166. The number of Topliss-reactive ketones (excluding diaryl/α,β-unsaturated/α-hetero) is 1. The zero-order valence-corrected chi connectivity index (χ0v) is 16.0. The molecule has 0 aliphatic carbocycles. The van der Waals surface area contributed by atoms with Crippen LogP contribution in [0.15, 0.2) is 0 Å². The average Bonchev–Trinajstić information content (AvgIpc) is 2.54. The van der Waals surface area contributed by atoms with Crippen molar-refractivity contribution in [3.63, 3.8) is 0 Å².